The molecule has 0 aromatic heterocycles. The predicted molar refractivity (Wildman–Crippen MR) is 83.1 cm³/mol. The molecule has 0 unspecified atom stereocenters. The lowest BCUT2D eigenvalue weighted by atomic mass is 9.76. The van der Waals surface area contributed by atoms with Gasteiger partial charge in [0.05, 0.1) is 19.2 Å². The van der Waals surface area contributed by atoms with Gasteiger partial charge in [0.2, 0.25) is 0 Å². The third-order valence-corrected chi connectivity index (χ3v) is 4.99. The van der Waals surface area contributed by atoms with Crippen LogP contribution in [-0.2, 0) is 11.8 Å². The fourth-order valence-corrected chi connectivity index (χ4v) is 3.85. The van der Waals surface area contributed by atoms with Crippen molar-refractivity contribution in [3.8, 4) is 11.5 Å². The van der Waals surface area contributed by atoms with Gasteiger partial charge in [0.25, 0.3) is 0 Å². The lowest BCUT2D eigenvalue weighted by Gasteiger charge is -2.31. The number of hydrogen-bond donors (Lipinski definition) is 1. The van der Waals surface area contributed by atoms with Gasteiger partial charge in [-0.25, -0.2) is 0 Å². The summed E-state index contributed by atoms with van der Waals surface area (Å²) in [4.78, 5) is 0. The molecule has 2 rings (SSSR count). The summed E-state index contributed by atoms with van der Waals surface area (Å²) >= 11 is 6.55. The highest BCUT2D eigenvalue weighted by atomic mass is 35.5. The first-order chi connectivity index (χ1) is 9.63. The molecular weight excluding hydrogens is 274 g/mol. The van der Waals surface area contributed by atoms with E-state index in [0.29, 0.717) is 23.1 Å². The van der Waals surface area contributed by atoms with Crippen molar-refractivity contribution in [2.24, 2.45) is 5.73 Å². The zero-order valence-electron chi connectivity index (χ0n) is 12.6. The summed E-state index contributed by atoms with van der Waals surface area (Å²) < 4.78 is 10.9. The molecule has 0 amide bonds. The fourth-order valence-electron chi connectivity index (χ4n) is 3.44. The van der Waals surface area contributed by atoms with Crippen molar-refractivity contribution in [2.45, 2.75) is 44.4 Å². The molecule has 3 nitrogen and oxygen atoms in total. The normalized spacial score (nSPS) is 17.2. The van der Waals surface area contributed by atoms with Crippen molar-refractivity contribution in [1.29, 1.82) is 0 Å². The fraction of sp³-hybridized carbons (Fsp3) is 0.625. The largest absolute Gasteiger partial charge is 0.493 e. The van der Waals surface area contributed by atoms with E-state index >= 15 is 0 Å². The first-order valence-corrected chi connectivity index (χ1v) is 7.65. The molecule has 1 fully saturated rings. The minimum Gasteiger partial charge on any atom is -0.493 e. The standard InChI is InChI=1S/C16H24ClNO2/c1-4-11-12(16(10-18)7-5-6-8-16)9-13(19-2)15(20-3)14(11)17/h9H,4-8,10,18H2,1-3H3. The molecule has 1 aliphatic rings. The summed E-state index contributed by atoms with van der Waals surface area (Å²) in [5.41, 5.74) is 8.57. The van der Waals surface area contributed by atoms with E-state index in [4.69, 9.17) is 26.8 Å². The zero-order chi connectivity index (χ0) is 14.8. The van der Waals surface area contributed by atoms with E-state index < -0.39 is 0 Å². The van der Waals surface area contributed by atoms with Crippen LogP contribution in [0.2, 0.25) is 5.02 Å². The number of rotatable bonds is 5. The molecule has 1 aromatic rings. The summed E-state index contributed by atoms with van der Waals surface area (Å²) in [6.45, 7) is 2.78. The summed E-state index contributed by atoms with van der Waals surface area (Å²) in [6.07, 6.45) is 5.58. The Morgan fingerprint density at radius 3 is 2.35 bits per heavy atom. The van der Waals surface area contributed by atoms with Crippen LogP contribution in [0.1, 0.15) is 43.7 Å². The maximum absolute atomic E-state index is 6.55. The lowest BCUT2D eigenvalue weighted by molar-refractivity contribution is 0.351. The first kappa shape index (κ1) is 15.5. The molecule has 4 heteroatoms. The van der Waals surface area contributed by atoms with Gasteiger partial charge in [-0.05, 0) is 36.5 Å². The van der Waals surface area contributed by atoms with Crippen LogP contribution in [0, 0.1) is 0 Å². The molecule has 0 heterocycles. The van der Waals surface area contributed by atoms with Crippen molar-refractivity contribution < 1.29 is 9.47 Å². The molecule has 20 heavy (non-hydrogen) atoms. The number of methoxy groups -OCH3 is 2. The van der Waals surface area contributed by atoms with Crippen LogP contribution in [-0.4, -0.2) is 20.8 Å². The number of nitrogens with two attached hydrogens (primary N) is 1. The van der Waals surface area contributed by atoms with E-state index in [1.165, 1.54) is 18.4 Å². The molecule has 0 bridgehead atoms. The highest BCUT2D eigenvalue weighted by molar-refractivity contribution is 6.33. The summed E-state index contributed by atoms with van der Waals surface area (Å²) in [7, 11) is 3.27. The molecule has 0 atom stereocenters. The molecule has 0 saturated heterocycles. The third kappa shape index (κ3) is 2.38. The van der Waals surface area contributed by atoms with E-state index in [9.17, 15) is 0 Å². The molecule has 0 aliphatic heterocycles. The maximum atomic E-state index is 6.55. The van der Waals surface area contributed by atoms with Gasteiger partial charge in [0.1, 0.15) is 0 Å². The van der Waals surface area contributed by atoms with Gasteiger partial charge in [0, 0.05) is 12.0 Å². The van der Waals surface area contributed by atoms with Crippen molar-refractivity contribution in [1.82, 2.24) is 0 Å². The van der Waals surface area contributed by atoms with Gasteiger partial charge in [0.15, 0.2) is 11.5 Å². The average molecular weight is 298 g/mol. The van der Waals surface area contributed by atoms with Crippen LogP contribution in [0.4, 0.5) is 0 Å². The SMILES string of the molecule is CCc1c(C2(CN)CCCC2)cc(OC)c(OC)c1Cl. The van der Waals surface area contributed by atoms with E-state index in [1.807, 2.05) is 0 Å². The molecule has 1 aliphatic carbocycles. The van der Waals surface area contributed by atoms with Gasteiger partial charge in [-0.3, -0.25) is 0 Å². The van der Waals surface area contributed by atoms with Gasteiger partial charge in [-0.15, -0.1) is 0 Å². The zero-order valence-corrected chi connectivity index (χ0v) is 13.3. The summed E-state index contributed by atoms with van der Waals surface area (Å²) in [5, 5.41) is 0.670. The molecule has 1 aromatic carbocycles. The van der Waals surface area contributed by atoms with Gasteiger partial charge in [-0.1, -0.05) is 31.4 Å². The Hall–Kier alpha value is -0.930. The molecule has 0 spiro atoms. The van der Waals surface area contributed by atoms with E-state index in [-0.39, 0.29) is 5.41 Å². The Kier molecular flexibility index (Phi) is 4.82. The van der Waals surface area contributed by atoms with Crippen LogP contribution < -0.4 is 15.2 Å². The molecule has 1 saturated carbocycles. The number of hydrogen-bond acceptors (Lipinski definition) is 3. The van der Waals surface area contributed by atoms with Crippen molar-refractivity contribution in [3.05, 3.63) is 22.2 Å². The van der Waals surface area contributed by atoms with Crippen LogP contribution >= 0.6 is 11.6 Å². The second-order valence-electron chi connectivity index (χ2n) is 5.50. The number of benzene rings is 1. The van der Waals surface area contributed by atoms with Gasteiger partial charge in [-0.2, -0.15) is 0 Å². The predicted octanol–water partition coefficient (Wildman–Crippen LogP) is 3.69. The van der Waals surface area contributed by atoms with Crippen LogP contribution in [0.3, 0.4) is 0 Å². The summed E-state index contributed by atoms with van der Waals surface area (Å²) in [6, 6.07) is 2.09. The second-order valence-corrected chi connectivity index (χ2v) is 5.88. The minimum atomic E-state index is 0.0501. The maximum Gasteiger partial charge on any atom is 0.179 e. The van der Waals surface area contributed by atoms with Crippen molar-refractivity contribution in [2.75, 3.05) is 20.8 Å². The quantitative estimate of drug-likeness (QED) is 0.901. The van der Waals surface area contributed by atoms with Crippen LogP contribution in [0.25, 0.3) is 0 Å². The van der Waals surface area contributed by atoms with E-state index in [2.05, 4.69) is 13.0 Å². The monoisotopic (exact) mass is 297 g/mol. The van der Waals surface area contributed by atoms with Crippen molar-refractivity contribution >= 4 is 11.6 Å². The highest BCUT2D eigenvalue weighted by Gasteiger charge is 2.37. The Morgan fingerprint density at radius 2 is 1.90 bits per heavy atom. The smallest absolute Gasteiger partial charge is 0.179 e. The Bertz CT molecular complexity index is 482. The molecule has 2 N–H and O–H groups in total. The Balaban J connectivity index is 2.65. The van der Waals surface area contributed by atoms with E-state index in [0.717, 1.165) is 24.8 Å². The topological polar surface area (TPSA) is 44.5 Å². The molecule has 112 valence electrons. The Morgan fingerprint density at radius 1 is 1.25 bits per heavy atom. The number of halogens is 1. The molecular formula is C16H24ClNO2. The number of ether oxygens (including phenoxy) is 2. The molecule has 0 radical (unpaired) electrons. The van der Waals surface area contributed by atoms with Gasteiger partial charge < -0.3 is 15.2 Å². The van der Waals surface area contributed by atoms with Crippen molar-refractivity contribution in [3.63, 3.8) is 0 Å². The summed E-state index contributed by atoms with van der Waals surface area (Å²) in [5.74, 6) is 1.32. The first-order valence-electron chi connectivity index (χ1n) is 7.27. The van der Waals surface area contributed by atoms with Crippen LogP contribution in [0.15, 0.2) is 6.07 Å². The Labute approximate surface area is 126 Å². The lowest BCUT2D eigenvalue weighted by Crippen LogP contribution is -2.33. The van der Waals surface area contributed by atoms with Crippen LogP contribution in [0.5, 0.6) is 11.5 Å². The highest BCUT2D eigenvalue weighted by Crippen LogP contribution is 2.48. The third-order valence-electron chi connectivity index (χ3n) is 4.59. The van der Waals surface area contributed by atoms with E-state index in [1.54, 1.807) is 14.2 Å². The average Bonchev–Trinajstić information content (AvgIpc) is 2.96. The van der Waals surface area contributed by atoms with Gasteiger partial charge >= 0.3 is 0 Å². The second kappa shape index (κ2) is 6.23. The minimum absolute atomic E-state index is 0.0501.